The van der Waals surface area contributed by atoms with E-state index in [1.165, 1.54) is 31.4 Å². The Balaban J connectivity index is 1.84. The Morgan fingerprint density at radius 3 is 2.26 bits per heavy atom. The number of hydrogen-bond donors (Lipinski definition) is 0. The van der Waals surface area contributed by atoms with Gasteiger partial charge in [-0.05, 0) is 67.4 Å². The Morgan fingerprint density at radius 1 is 0.947 bits per heavy atom. The number of sulfonamides is 1. The van der Waals surface area contributed by atoms with Crippen LogP contribution in [0.1, 0.15) is 17.1 Å². The molecule has 0 atom stereocenters. The van der Waals surface area contributed by atoms with Crippen LogP contribution in [-0.2, 0) is 32.5 Å². The first-order chi connectivity index (χ1) is 18.2. The predicted molar refractivity (Wildman–Crippen MR) is 144 cm³/mol. The lowest BCUT2D eigenvalue weighted by Crippen LogP contribution is -2.44. The van der Waals surface area contributed by atoms with E-state index in [1.807, 2.05) is 25.1 Å². The first kappa shape index (κ1) is 29.5. The lowest BCUT2D eigenvalue weighted by molar-refractivity contribution is -0.132. The maximum Gasteiger partial charge on any atom is 0.243 e. The average Bonchev–Trinajstić information content (AvgIpc) is 3.33. The number of ether oxygens (including phenoxy) is 3. The second-order valence-electron chi connectivity index (χ2n) is 8.55. The number of amides is 1. The van der Waals surface area contributed by atoms with Crippen LogP contribution >= 0.6 is 11.6 Å². The standard InChI is InChI=1S/C27H33ClN2O7S/c1-20-5-9-23(37-20)18-29(14-13-21-6-12-25(35-3)26(17-21)36-4)27(31)19-30(15-16-34-2)38(32,33)24-10-7-22(28)8-11-24/h5-12,17H,13-16,18-19H2,1-4H3. The summed E-state index contributed by atoms with van der Waals surface area (Å²) >= 11 is 5.94. The largest absolute Gasteiger partial charge is 0.493 e. The summed E-state index contributed by atoms with van der Waals surface area (Å²) in [5.41, 5.74) is 0.932. The van der Waals surface area contributed by atoms with Crippen molar-refractivity contribution in [2.24, 2.45) is 0 Å². The molecule has 2 aromatic carbocycles. The fourth-order valence-electron chi connectivity index (χ4n) is 3.83. The molecular formula is C27H33ClN2O7S. The van der Waals surface area contributed by atoms with Crippen LogP contribution in [0.3, 0.4) is 0 Å². The van der Waals surface area contributed by atoms with Crippen molar-refractivity contribution in [2.75, 3.05) is 47.6 Å². The van der Waals surface area contributed by atoms with Gasteiger partial charge in [0.25, 0.3) is 0 Å². The molecule has 1 aromatic heterocycles. The van der Waals surface area contributed by atoms with Gasteiger partial charge in [0.1, 0.15) is 11.5 Å². The third-order valence-corrected chi connectivity index (χ3v) is 8.03. The number of carbonyl (C=O) groups excluding carboxylic acids is 1. The number of carbonyl (C=O) groups is 1. The number of hydrogen-bond acceptors (Lipinski definition) is 7. The number of halogens is 1. The summed E-state index contributed by atoms with van der Waals surface area (Å²) in [5.74, 6) is 2.15. The highest BCUT2D eigenvalue weighted by molar-refractivity contribution is 7.89. The Morgan fingerprint density at radius 2 is 1.66 bits per heavy atom. The van der Waals surface area contributed by atoms with E-state index in [1.54, 1.807) is 31.3 Å². The molecule has 0 bridgehead atoms. The van der Waals surface area contributed by atoms with Crippen molar-refractivity contribution in [1.82, 2.24) is 9.21 Å². The average molecular weight is 565 g/mol. The monoisotopic (exact) mass is 564 g/mol. The van der Waals surface area contributed by atoms with Gasteiger partial charge in [-0.15, -0.1) is 0 Å². The molecular weight excluding hydrogens is 532 g/mol. The molecule has 0 N–H and O–H groups in total. The molecule has 3 aromatic rings. The van der Waals surface area contributed by atoms with Crippen molar-refractivity contribution < 1.29 is 31.8 Å². The van der Waals surface area contributed by atoms with Gasteiger partial charge in [0.05, 0.1) is 38.8 Å². The molecule has 0 radical (unpaired) electrons. The van der Waals surface area contributed by atoms with Gasteiger partial charge in [0, 0.05) is 25.2 Å². The van der Waals surface area contributed by atoms with Gasteiger partial charge in [-0.3, -0.25) is 4.79 Å². The van der Waals surface area contributed by atoms with Crippen molar-refractivity contribution in [3.8, 4) is 11.5 Å². The zero-order valence-electron chi connectivity index (χ0n) is 22.0. The molecule has 0 saturated heterocycles. The highest BCUT2D eigenvalue weighted by Crippen LogP contribution is 2.28. The summed E-state index contributed by atoms with van der Waals surface area (Å²) in [4.78, 5) is 15.2. The van der Waals surface area contributed by atoms with Crippen LogP contribution in [0.4, 0.5) is 0 Å². The van der Waals surface area contributed by atoms with Crippen molar-refractivity contribution in [1.29, 1.82) is 0 Å². The van der Waals surface area contributed by atoms with E-state index in [0.717, 1.165) is 15.6 Å². The molecule has 1 heterocycles. The molecule has 0 fully saturated rings. The van der Waals surface area contributed by atoms with E-state index in [9.17, 15) is 13.2 Å². The third kappa shape index (κ3) is 7.73. The normalized spacial score (nSPS) is 11.5. The Kier molecular flexibility index (Phi) is 10.6. The molecule has 1 amide bonds. The second kappa shape index (κ2) is 13.7. The Bertz CT molecular complexity index is 1310. The number of benzene rings is 2. The summed E-state index contributed by atoms with van der Waals surface area (Å²) < 4.78 is 49.4. The minimum Gasteiger partial charge on any atom is -0.493 e. The first-order valence-electron chi connectivity index (χ1n) is 12.0. The molecule has 0 unspecified atom stereocenters. The fourth-order valence-corrected chi connectivity index (χ4v) is 5.33. The highest BCUT2D eigenvalue weighted by Gasteiger charge is 2.29. The van der Waals surface area contributed by atoms with E-state index in [0.29, 0.717) is 35.2 Å². The molecule has 0 spiro atoms. The summed E-state index contributed by atoms with van der Waals surface area (Å²) in [7, 11) is 0.626. The molecule has 0 aliphatic carbocycles. The minimum atomic E-state index is -3.98. The molecule has 0 saturated carbocycles. The van der Waals surface area contributed by atoms with Crippen LogP contribution < -0.4 is 9.47 Å². The van der Waals surface area contributed by atoms with Crippen LogP contribution in [0.25, 0.3) is 0 Å². The van der Waals surface area contributed by atoms with E-state index >= 15 is 0 Å². The van der Waals surface area contributed by atoms with E-state index < -0.39 is 10.0 Å². The topological polar surface area (TPSA) is 98.5 Å². The van der Waals surface area contributed by atoms with Crippen LogP contribution in [0, 0.1) is 6.92 Å². The number of aryl methyl sites for hydroxylation is 1. The SMILES string of the molecule is COCCN(CC(=O)N(CCc1ccc(OC)c(OC)c1)Cc1ccc(C)o1)S(=O)(=O)c1ccc(Cl)cc1. The zero-order chi connectivity index (χ0) is 27.7. The van der Waals surface area contributed by atoms with Crippen molar-refractivity contribution in [2.45, 2.75) is 24.8 Å². The third-order valence-electron chi connectivity index (χ3n) is 5.92. The molecule has 0 aliphatic heterocycles. The Labute approximate surface area is 228 Å². The molecule has 206 valence electrons. The smallest absolute Gasteiger partial charge is 0.243 e. The lowest BCUT2D eigenvalue weighted by Gasteiger charge is -2.27. The number of furan rings is 1. The Hall–Kier alpha value is -3.05. The van der Waals surface area contributed by atoms with Crippen LogP contribution in [0.5, 0.6) is 11.5 Å². The molecule has 11 heteroatoms. The lowest BCUT2D eigenvalue weighted by atomic mass is 10.1. The van der Waals surface area contributed by atoms with Gasteiger partial charge in [0.15, 0.2) is 11.5 Å². The van der Waals surface area contributed by atoms with Gasteiger partial charge >= 0.3 is 0 Å². The fraction of sp³-hybridized carbons (Fsp3) is 0.370. The van der Waals surface area contributed by atoms with Gasteiger partial charge < -0.3 is 23.5 Å². The summed E-state index contributed by atoms with van der Waals surface area (Å²) in [6.07, 6.45) is 0.508. The van der Waals surface area contributed by atoms with Gasteiger partial charge in [-0.25, -0.2) is 8.42 Å². The predicted octanol–water partition coefficient (Wildman–Crippen LogP) is 4.17. The summed E-state index contributed by atoms with van der Waals surface area (Å²) in [6.45, 7) is 2.12. The van der Waals surface area contributed by atoms with Crippen molar-refractivity contribution in [3.05, 3.63) is 76.7 Å². The first-order valence-corrected chi connectivity index (χ1v) is 13.8. The van der Waals surface area contributed by atoms with Crippen molar-refractivity contribution >= 4 is 27.5 Å². The number of rotatable bonds is 14. The van der Waals surface area contributed by atoms with E-state index in [4.69, 9.17) is 30.2 Å². The molecule has 0 aliphatic rings. The quantitative estimate of drug-likeness (QED) is 0.290. The highest BCUT2D eigenvalue weighted by atomic mass is 35.5. The zero-order valence-corrected chi connectivity index (χ0v) is 23.5. The van der Waals surface area contributed by atoms with Crippen LogP contribution in [0.2, 0.25) is 5.02 Å². The van der Waals surface area contributed by atoms with Gasteiger partial charge in [-0.1, -0.05) is 17.7 Å². The van der Waals surface area contributed by atoms with Gasteiger partial charge in [-0.2, -0.15) is 4.31 Å². The van der Waals surface area contributed by atoms with E-state index in [-0.39, 0.29) is 37.0 Å². The van der Waals surface area contributed by atoms with Gasteiger partial charge in [0.2, 0.25) is 15.9 Å². The minimum absolute atomic E-state index is 0.0105. The number of nitrogens with zero attached hydrogens (tertiary/aromatic N) is 2. The van der Waals surface area contributed by atoms with Crippen LogP contribution in [0.15, 0.2) is 63.9 Å². The van der Waals surface area contributed by atoms with Crippen LogP contribution in [-0.4, -0.2) is 71.1 Å². The summed E-state index contributed by atoms with van der Waals surface area (Å²) in [5, 5.41) is 0.415. The maximum atomic E-state index is 13.6. The second-order valence-corrected chi connectivity index (χ2v) is 10.9. The van der Waals surface area contributed by atoms with E-state index in [2.05, 4.69) is 0 Å². The maximum absolute atomic E-state index is 13.6. The molecule has 38 heavy (non-hydrogen) atoms. The molecule has 3 rings (SSSR count). The van der Waals surface area contributed by atoms with Crippen molar-refractivity contribution in [3.63, 3.8) is 0 Å². The molecule has 9 nitrogen and oxygen atoms in total. The number of methoxy groups -OCH3 is 3. The summed E-state index contributed by atoms with van der Waals surface area (Å²) in [6, 6.07) is 15.0.